The molecule has 0 radical (unpaired) electrons. The van der Waals surface area contributed by atoms with Gasteiger partial charge in [0.15, 0.2) is 0 Å². The maximum Gasteiger partial charge on any atom is 0.335 e. The van der Waals surface area contributed by atoms with Crippen LogP contribution in [0.25, 0.3) is 0 Å². The van der Waals surface area contributed by atoms with Gasteiger partial charge in [0.2, 0.25) is 0 Å². The van der Waals surface area contributed by atoms with Gasteiger partial charge in [0.1, 0.15) is 0 Å². The number of hydrogen-bond donors (Lipinski definition) is 1. The second-order valence-corrected chi connectivity index (χ2v) is 3.98. The lowest BCUT2D eigenvalue weighted by atomic mass is 15.9. The summed E-state index contributed by atoms with van der Waals surface area (Å²) in [6.45, 7) is 0. The first-order valence-corrected chi connectivity index (χ1v) is 4.05. The summed E-state index contributed by atoms with van der Waals surface area (Å²) >= 11 is 0. The summed E-state index contributed by atoms with van der Waals surface area (Å²) in [5.41, 5.74) is 0. The Kier molecular flexibility index (Phi) is 4.21. The van der Waals surface area contributed by atoms with Crippen molar-refractivity contribution >= 4 is 19.3 Å². The normalized spacial score (nSPS) is 14.2. The highest BCUT2D eigenvalue weighted by Gasteiger charge is 2.00. The van der Waals surface area contributed by atoms with Gasteiger partial charge in [0.05, 0.1) is 10.1 Å². The van der Waals surface area contributed by atoms with Crippen LogP contribution >= 0.6 is 0 Å². The van der Waals surface area contributed by atoms with Gasteiger partial charge in [-0.1, -0.05) is 0 Å². The summed E-state index contributed by atoms with van der Waals surface area (Å²) in [6, 6.07) is 0. The average molecular weight is 163 g/mol. The van der Waals surface area contributed by atoms with E-state index in [0.29, 0.717) is 0 Å². The van der Waals surface area contributed by atoms with E-state index in [-0.39, 0.29) is 5.48 Å². The molecular formula is H3O6S2-. The molecule has 52 valence electrons. The van der Waals surface area contributed by atoms with Crippen LogP contribution in [-0.2, 0) is 19.3 Å². The summed E-state index contributed by atoms with van der Waals surface area (Å²) < 4.78 is 44.4. The first-order valence-electron chi connectivity index (χ1n) is 1.02. The van der Waals surface area contributed by atoms with Gasteiger partial charge in [-0.05, 0) is 0 Å². The predicted octanol–water partition coefficient (Wildman–Crippen LogP) is -2.16. The first-order chi connectivity index (χ1) is 2.94. The van der Waals surface area contributed by atoms with Gasteiger partial charge in [-0.2, -0.15) is 8.42 Å². The van der Waals surface area contributed by atoms with Gasteiger partial charge in [0.25, 0.3) is 0 Å². The van der Waals surface area contributed by atoms with E-state index in [9.17, 15) is 17.2 Å². The van der Waals surface area contributed by atoms with Gasteiger partial charge < -0.3 is 10.0 Å². The monoisotopic (exact) mass is 163 g/mol. The topological polar surface area (TPSA) is 126 Å². The summed E-state index contributed by atoms with van der Waals surface area (Å²) in [6.07, 6.45) is 0. The molecule has 0 spiro atoms. The molecule has 8 heteroatoms. The molecule has 0 saturated carbocycles. The maximum atomic E-state index is 9.27. The average Bonchev–Trinajstić information content (AvgIpc) is 1.31. The largest absolute Gasteiger partial charge is 0.758 e. The van der Waals surface area contributed by atoms with E-state index in [1.165, 1.54) is 0 Å². The SMILES string of the molecule is O.O=S([O-])S(=O)(=O)O. The molecule has 3 N–H and O–H groups in total. The van der Waals surface area contributed by atoms with Crippen molar-refractivity contribution in [1.29, 1.82) is 0 Å². The molecule has 6 nitrogen and oxygen atoms in total. The molecule has 1 unspecified atom stereocenters. The van der Waals surface area contributed by atoms with Crippen LogP contribution in [-0.4, -0.2) is 27.2 Å². The second kappa shape index (κ2) is 3.10. The smallest absolute Gasteiger partial charge is 0.335 e. The molecule has 8 heavy (non-hydrogen) atoms. The Morgan fingerprint density at radius 1 is 1.50 bits per heavy atom. The minimum Gasteiger partial charge on any atom is -0.758 e. The highest BCUT2D eigenvalue weighted by molar-refractivity contribution is 8.59. The zero-order chi connectivity index (χ0) is 6.08. The number of hydrogen-bond acceptors (Lipinski definition) is 4. The lowest BCUT2D eigenvalue weighted by Crippen LogP contribution is -2.03. The van der Waals surface area contributed by atoms with Crippen molar-refractivity contribution < 1.29 is 27.2 Å². The first kappa shape index (κ1) is 10.9. The van der Waals surface area contributed by atoms with E-state index >= 15 is 0 Å². The van der Waals surface area contributed by atoms with Crippen molar-refractivity contribution in [2.24, 2.45) is 0 Å². The Bertz CT molecular complexity index is 161. The highest BCUT2D eigenvalue weighted by atomic mass is 33.2. The van der Waals surface area contributed by atoms with E-state index < -0.39 is 19.3 Å². The molecule has 0 saturated heterocycles. The molecule has 0 aromatic carbocycles. The van der Waals surface area contributed by atoms with Crippen LogP contribution < -0.4 is 0 Å². The van der Waals surface area contributed by atoms with Crippen molar-refractivity contribution in [3.8, 4) is 0 Å². The van der Waals surface area contributed by atoms with E-state index in [1.807, 2.05) is 0 Å². The van der Waals surface area contributed by atoms with Crippen molar-refractivity contribution in [3.05, 3.63) is 0 Å². The van der Waals surface area contributed by atoms with E-state index in [1.54, 1.807) is 0 Å². The summed E-state index contributed by atoms with van der Waals surface area (Å²) in [4.78, 5) is 0. The van der Waals surface area contributed by atoms with Crippen molar-refractivity contribution in [3.63, 3.8) is 0 Å². The van der Waals surface area contributed by atoms with Crippen LogP contribution in [0.4, 0.5) is 0 Å². The van der Waals surface area contributed by atoms with Gasteiger partial charge in [-0.3, -0.25) is 8.76 Å². The zero-order valence-electron chi connectivity index (χ0n) is 3.40. The molecule has 0 fully saturated rings. The standard InChI is InChI=1S/H2O5S2.H2O/c1-6(2)7(3,4)5;/h(H,1,2)(H,3,4,5);1H2/p-1. The van der Waals surface area contributed by atoms with Crippen LogP contribution in [0.5, 0.6) is 0 Å². The molecule has 0 bridgehead atoms. The van der Waals surface area contributed by atoms with Gasteiger partial charge in [-0.15, -0.1) is 0 Å². The van der Waals surface area contributed by atoms with Crippen molar-refractivity contribution in [2.45, 2.75) is 0 Å². The third kappa shape index (κ3) is 4.15. The Hall–Kier alpha value is -0.0200. The zero-order valence-corrected chi connectivity index (χ0v) is 5.03. The minimum absolute atomic E-state index is 0. The van der Waals surface area contributed by atoms with Crippen molar-refractivity contribution in [1.82, 2.24) is 0 Å². The van der Waals surface area contributed by atoms with Crippen LogP contribution in [0, 0.1) is 0 Å². The Labute approximate surface area is 47.3 Å². The van der Waals surface area contributed by atoms with Crippen LogP contribution in [0.1, 0.15) is 0 Å². The Morgan fingerprint density at radius 2 is 1.62 bits per heavy atom. The second-order valence-electron chi connectivity index (χ2n) is 0.632. The molecule has 0 amide bonds. The summed E-state index contributed by atoms with van der Waals surface area (Å²) in [5, 5.41) is 0. The van der Waals surface area contributed by atoms with Gasteiger partial charge in [-0.25, -0.2) is 0 Å². The van der Waals surface area contributed by atoms with Crippen LogP contribution in [0.15, 0.2) is 0 Å². The molecule has 0 aromatic heterocycles. The molecule has 0 heterocycles. The van der Waals surface area contributed by atoms with E-state index in [2.05, 4.69) is 0 Å². The molecule has 0 aliphatic carbocycles. The molecular weight excluding hydrogens is 160 g/mol. The molecule has 0 aliphatic heterocycles. The predicted molar refractivity (Wildman–Crippen MR) is 24.1 cm³/mol. The van der Waals surface area contributed by atoms with Gasteiger partial charge in [0, 0.05) is 0 Å². The summed E-state index contributed by atoms with van der Waals surface area (Å²) in [5.74, 6) is 0. The lowest BCUT2D eigenvalue weighted by molar-refractivity contribution is 0.483. The third-order valence-corrected chi connectivity index (χ3v) is 1.55. The fraction of sp³-hybridized carbons (Fsp3) is 0. The van der Waals surface area contributed by atoms with Crippen LogP contribution in [0.2, 0.25) is 0 Å². The molecule has 0 aromatic rings. The lowest BCUT2D eigenvalue weighted by Gasteiger charge is -1.94. The Morgan fingerprint density at radius 3 is 1.62 bits per heavy atom. The minimum atomic E-state index is -4.82. The third-order valence-electron chi connectivity index (χ3n) is 0.172. The van der Waals surface area contributed by atoms with Crippen LogP contribution in [0.3, 0.4) is 0 Å². The molecule has 0 rings (SSSR count). The summed E-state index contributed by atoms with van der Waals surface area (Å²) in [7, 11) is -8.23. The van der Waals surface area contributed by atoms with E-state index in [0.717, 1.165) is 0 Å². The van der Waals surface area contributed by atoms with Gasteiger partial charge >= 0.3 is 9.15 Å². The molecule has 1 atom stereocenters. The maximum absolute atomic E-state index is 9.27. The Balaban J connectivity index is 0. The molecule has 0 aliphatic rings. The quantitative estimate of drug-likeness (QED) is 0.267. The number of rotatable bonds is 1. The fourth-order valence-electron chi connectivity index (χ4n) is 0. The van der Waals surface area contributed by atoms with Crippen molar-refractivity contribution in [2.75, 3.05) is 0 Å². The van der Waals surface area contributed by atoms with E-state index in [4.69, 9.17) is 4.55 Å². The fourth-order valence-corrected chi connectivity index (χ4v) is 0. The highest BCUT2D eigenvalue weighted by Crippen LogP contribution is 1.82.